The van der Waals surface area contributed by atoms with Gasteiger partial charge in [-0.2, -0.15) is 0 Å². The van der Waals surface area contributed by atoms with Crippen molar-refractivity contribution in [3.8, 4) is 0 Å². The molecule has 3 unspecified atom stereocenters. The first-order valence-electron chi connectivity index (χ1n) is 3.58. The molecule has 3 heteroatoms. The van der Waals surface area contributed by atoms with Crippen LogP contribution in [0.4, 0.5) is 0 Å². The van der Waals surface area contributed by atoms with E-state index in [-0.39, 0.29) is 18.5 Å². The lowest BCUT2D eigenvalue weighted by atomic mass is 10.1. The lowest BCUT2D eigenvalue weighted by Gasteiger charge is -2.29. The monoisotopic (exact) mass is 146 g/mol. The minimum atomic E-state index is -0.256. The highest BCUT2D eigenvalue weighted by atomic mass is 16.7. The second-order valence-corrected chi connectivity index (χ2v) is 2.74. The van der Waals surface area contributed by atoms with Gasteiger partial charge in [-0.05, 0) is 13.3 Å². The Morgan fingerprint density at radius 3 is 2.70 bits per heavy atom. The van der Waals surface area contributed by atoms with Gasteiger partial charge in [-0.15, -0.1) is 0 Å². The normalized spacial score (nSPS) is 41.7. The molecule has 0 saturated carbocycles. The summed E-state index contributed by atoms with van der Waals surface area (Å²) in [6.07, 6.45) is 0.974. The summed E-state index contributed by atoms with van der Waals surface area (Å²) in [5.41, 5.74) is 0. The van der Waals surface area contributed by atoms with Crippen molar-refractivity contribution in [1.82, 2.24) is 0 Å². The SMILES string of the molecule is COC1CC(O)CC(C)O1. The van der Waals surface area contributed by atoms with E-state index in [2.05, 4.69) is 0 Å². The molecule has 0 aromatic heterocycles. The highest BCUT2D eigenvalue weighted by Crippen LogP contribution is 2.19. The summed E-state index contributed by atoms with van der Waals surface area (Å²) in [4.78, 5) is 0. The van der Waals surface area contributed by atoms with Crippen LogP contribution in [0.1, 0.15) is 19.8 Å². The van der Waals surface area contributed by atoms with E-state index >= 15 is 0 Å². The first kappa shape index (κ1) is 7.98. The molecule has 10 heavy (non-hydrogen) atoms. The van der Waals surface area contributed by atoms with Gasteiger partial charge in [0, 0.05) is 13.5 Å². The van der Waals surface area contributed by atoms with Crippen LogP contribution in [-0.4, -0.2) is 30.7 Å². The third kappa shape index (κ3) is 1.94. The van der Waals surface area contributed by atoms with Crippen LogP contribution in [0.25, 0.3) is 0 Å². The van der Waals surface area contributed by atoms with E-state index in [4.69, 9.17) is 9.47 Å². The molecule has 0 aromatic carbocycles. The molecule has 1 fully saturated rings. The minimum Gasteiger partial charge on any atom is -0.393 e. The van der Waals surface area contributed by atoms with Gasteiger partial charge in [-0.25, -0.2) is 0 Å². The van der Waals surface area contributed by atoms with Crippen LogP contribution in [0, 0.1) is 0 Å². The Bertz CT molecular complexity index is 95.0. The summed E-state index contributed by atoms with van der Waals surface area (Å²) in [5.74, 6) is 0. The Hall–Kier alpha value is -0.120. The average Bonchev–Trinajstić information content (AvgIpc) is 1.85. The Morgan fingerprint density at radius 2 is 2.20 bits per heavy atom. The van der Waals surface area contributed by atoms with E-state index in [9.17, 15) is 5.11 Å². The van der Waals surface area contributed by atoms with Crippen molar-refractivity contribution in [2.24, 2.45) is 0 Å². The Labute approximate surface area is 60.9 Å². The number of aliphatic hydroxyl groups excluding tert-OH is 1. The summed E-state index contributed by atoms with van der Waals surface area (Å²) in [6, 6.07) is 0. The number of hydrogen-bond acceptors (Lipinski definition) is 3. The maximum absolute atomic E-state index is 9.22. The van der Waals surface area contributed by atoms with Gasteiger partial charge in [0.2, 0.25) is 0 Å². The molecule has 1 aliphatic heterocycles. The van der Waals surface area contributed by atoms with E-state index in [0.29, 0.717) is 6.42 Å². The average molecular weight is 146 g/mol. The Kier molecular flexibility index (Phi) is 2.65. The lowest BCUT2D eigenvalue weighted by molar-refractivity contribution is -0.198. The van der Waals surface area contributed by atoms with Gasteiger partial charge in [0.15, 0.2) is 6.29 Å². The predicted octanol–water partition coefficient (Wildman–Crippen LogP) is 0.519. The van der Waals surface area contributed by atoms with Crippen molar-refractivity contribution >= 4 is 0 Å². The predicted molar refractivity (Wildman–Crippen MR) is 36.6 cm³/mol. The van der Waals surface area contributed by atoms with Gasteiger partial charge < -0.3 is 14.6 Å². The number of hydrogen-bond donors (Lipinski definition) is 1. The van der Waals surface area contributed by atoms with Crippen LogP contribution < -0.4 is 0 Å². The van der Waals surface area contributed by atoms with Crippen LogP contribution in [-0.2, 0) is 9.47 Å². The van der Waals surface area contributed by atoms with Crippen LogP contribution in [0.2, 0.25) is 0 Å². The van der Waals surface area contributed by atoms with Crippen molar-refractivity contribution in [3.63, 3.8) is 0 Å². The molecule has 0 amide bonds. The van der Waals surface area contributed by atoms with Gasteiger partial charge in [0.1, 0.15) is 0 Å². The number of aliphatic hydroxyl groups is 1. The topological polar surface area (TPSA) is 38.7 Å². The van der Waals surface area contributed by atoms with E-state index in [0.717, 1.165) is 6.42 Å². The molecule has 60 valence electrons. The fourth-order valence-corrected chi connectivity index (χ4v) is 1.22. The third-order valence-corrected chi connectivity index (χ3v) is 1.72. The molecular weight excluding hydrogens is 132 g/mol. The highest BCUT2D eigenvalue weighted by molar-refractivity contribution is 4.69. The molecule has 0 bridgehead atoms. The summed E-state index contributed by atoms with van der Waals surface area (Å²) in [5, 5.41) is 9.22. The second kappa shape index (κ2) is 3.32. The fourth-order valence-electron chi connectivity index (χ4n) is 1.22. The summed E-state index contributed by atoms with van der Waals surface area (Å²) in [6.45, 7) is 1.94. The molecule has 0 aromatic rings. The standard InChI is InChI=1S/C7H14O3/c1-5-3-6(8)4-7(9-2)10-5/h5-8H,3-4H2,1-2H3. The molecular formula is C7H14O3. The molecule has 3 atom stereocenters. The Balaban J connectivity index is 2.35. The molecule has 0 radical (unpaired) electrons. The van der Waals surface area contributed by atoms with E-state index in [1.54, 1.807) is 7.11 Å². The maximum atomic E-state index is 9.22. The van der Waals surface area contributed by atoms with Gasteiger partial charge in [0.05, 0.1) is 12.2 Å². The molecule has 1 rings (SSSR count). The van der Waals surface area contributed by atoms with Gasteiger partial charge in [-0.3, -0.25) is 0 Å². The Morgan fingerprint density at radius 1 is 1.50 bits per heavy atom. The minimum absolute atomic E-state index is 0.119. The van der Waals surface area contributed by atoms with Crippen LogP contribution >= 0.6 is 0 Å². The van der Waals surface area contributed by atoms with E-state index in [1.165, 1.54) is 0 Å². The van der Waals surface area contributed by atoms with Gasteiger partial charge in [-0.1, -0.05) is 0 Å². The molecule has 0 aliphatic carbocycles. The van der Waals surface area contributed by atoms with Crippen molar-refractivity contribution < 1.29 is 14.6 Å². The highest BCUT2D eigenvalue weighted by Gasteiger charge is 2.24. The quantitative estimate of drug-likeness (QED) is 0.586. The van der Waals surface area contributed by atoms with E-state index < -0.39 is 0 Å². The first-order valence-corrected chi connectivity index (χ1v) is 3.58. The zero-order valence-corrected chi connectivity index (χ0v) is 6.41. The lowest BCUT2D eigenvalue weighted by Crippen LogP contribution is -2.34. The molecule has 1 aliphatic rings. The summed E-state index contributed by atoms with van der Waals surface area (Å²) < 4.78 is 10.3. The van der Waals surface area contributed by atoms with E-state index in [1.807, 2.05) is 6.92 Å². The first-order chi connectivity index (χ1) is 4.72. The van der Waals surface area contributed by atoms with Crippen molar-refractivity contribution in [2.45, 2.75) is 38.3 Å². The molecule has 0 spiro atoms. The molecule has 1 saturated heterocycles. The summed E-state index contributed by atoms with van der Waals surface area (Å²) in [7, 11) is 1.59. The number of rotatable bonds is 1. The van der Waals surface area contributed by atoms with Gasteiger partial charge in [0.25, 0.3) is 0 Å². The third-order valence-electron chi connectivity index (χ3n) is 1.72. The van der Waals surface area contributed by atoms with Gasteiger partial charge >= 0.3 is 0 Å². The maximum Gasteiger partial charge on any atom is 0.160 e. The van der Waals surface area contributed by atoms with Crippen molar-refractivity contribution in [2.75, 3.05) is 7.11 Å². The second-order valence-electron chi connectivity index (χ2n) is 2.74. The molecule has 1 N–H and O–H groups in total. The fraction of sp³-hybridized carbons (Fsp3) is 1.00. The molecule has 3 nitrogen and oxygen atoms in total. The largest absolute Gasteiger partial charge is 0.393 e. The van der Waals surface area contributed by atoms with Crippen molar-refractivity contribution in [3.05, 3.63) is 0 Å². The summed E-state index contributed by atoms with van der Waals surface area (Å²) >= 11 is 0. The number of methoxy groups -OCH3 is 1. The van der Waals surface area contributed by atoms with Crippen molar-refractivity contribution in [1.29, 1.82) is 0 Å². The smallest absolute Gasteiger partial charge is 0.160 e. The zero-order chi connectivity index (χ0) is 7.56. The number of ether oxygens (including phenoxy) is 2. The van der Waals surface area contributed by atoms with Crippen LogP contribution in [0.5, 0.6) is 0 Å². The van der Waals surface area contributed by atoms with Crippen LogP contribution in [0.3, 0.4) is 0 Å². The zero-order valence-electron chi connectivity index (χ0n) is 6.41. The van der Waals surface area contributed by atoms with Crippen LogP contribution in [0.15, 0.2) is 0 Å². The molecule has 1 heterocycles.